The van der Waals surface area contributed by atoms with E-state index in [9.17, 15) is 30.8 Å². The van der Waals surface area contributed by atoms with Gasteiger partial charge in [-0.05, 0) is 29.8 Å². The molecule has 36 heavy (non-hydrogen) atoms. The van der Waals surface area contributed by atoms with Crippen molar-refractivity contribution in [2.24, 2.45) is 0 Å². The highest BCUT2D eigenvalue weighted by Crippen LogP contribution is 2.47. The molecule has 0 saturated carbocycles. The fourth-order valence-corrected chi connectivity index (χ4v) is 4.28. The zero-order valence-electron chi connectivity index (χ0n) is 18.2. The molecule has 0 radical (unpaired) electrons. The number of pyridine rings is 1. The number of alkyl halides is 4. The van der Waals surface area contributed by atoms with Crippen LogP contribution < -0.4 is 24.8 Å². The second-order valence-electron chi connectivity index (χ2n) is 7.53. The first-order chi connectivity index (χ1) is 16.8. The summed E-state index contributed by atoms with van der Waals surface area (Å²) in [5.74, 6) is -1.21. The minimum absolute atomic E-state index is 0.0325. The zero-order chi connectivity index (χ0) is 26.1. The molecule has 3 heterocycles. The van der Waals surface area contributed by atoms with Gasteiger partial charge in [-0.25, -0.2) is 18.4 Å². The average Bonchev–Trinajstić information content (AvgIpc) is 3.18. The number of anilines is 3. The van der Waals surface area contributed by atoms with Crippen LogP contribution in [0.2, 0.25) is 0 Å². The molecule has 0 bridgehead atoms. The third-order valence-corrected chi connectivity index (χ3v) is 5.99. The number of thiazole rings is 1. The molecule has 0 atom stereocenters. The summed E-state index contributed by atoms with van der Waals surface area (Å²) in [6.45, 7) is 0.250. The molecular weight excluding hydrogens is 530 g/mol. The van der Waals surface area contributed by atoms with Gasteiger partial charge in [0.05, 0.1) is 23.1 Å². The number of halogens is 4. The number of benzene rings is 1. The van der Waals surface area contributed by atoms with Gasteiger partial charge in [-0.2, -0.15) is 17.6 Å². The summed E-state index contributed by atoms with van der Waals surface area (Å²) in [5.41, 5.74) is 2.24. The van der Waals surface area contributed by atoms with E-state index < -0.39 is 39.6 Å². The number of fused-ring (bicyclic) bond motifs is 1. The Kier molecular flexibility index (Phi) is 6.66. The highest BCUT2D eigenvalue weighted by molar-refractivity contribution is 7.92. The molecule has 2 aromatic heterocycles. The number of carbonyl (C=O) groups excluding carboxylic acids is 1. The number of rotatable bonds is 8. The summed E-state index contributed by atoms with van der Waals surface area (Å²) in [6, 6.07) is 6.34. The molecule has 1 aliphatic rings. The first-order valence-electron chi connectivity index (χ1n) is 9.98. The number of amides is 1. The van der Waals surface area contributed by atoms with Gasteiger partial charge < -0.3 is 20.1 Å². The van der Waals surface area contributed by atoms with Gasteiger partial charge in [0.15, 0.2) is 11.5 Å². The number of carbonyl (C=O) groups is 1. The first kappa shape index (κ1) is 25.4. The minimum Gasteiger partial charge on any atom is -0.421 e. The Bertz CT molecular complexity index is 1400. The average molecular weight is 548 g/mol. The standard InChI is InChI=1S/C20H17F4N5O5S2/c1-36(31,32)29-16-6-11(4-5-25-16)9-26-18-15(35-10-27-18)8-17(30)28-12-2-3-13-14(7-12)34-20(23,24)19(21,22)33-13/h2-7,10,26H,8-9H2,1H3,(H,25,29)(H,28,30). The Morgan fingerprint density at radius 2 is 1.78 bits per heavy atom. The molecule has 1 amide bonds. The largest absolute Gasteiger partial charge is 0.507 e. The molecule has 3 N–H and O–H groups in total. The molecule has 0 fully saturated rings. The quantitative estimate of drug-likeness (QED) is 0.364. The van der Waals surface area contributed by atoms with Crippen molar-refractivity contribution in [2.45, 2.75) is 25.2 Å². The molecule has 16 heteroatoms. The Morgan fingerprint density at radius 3 is 2.50 bits per heavy atom. The van der Waals surface area contributed by atoms with Crippen molar-refractivity contribution in [1.29, 1.82) is 0 Å². The number of hydrogen-bond donors (Lipinski definition) is 3. The van der Waals surface area contributed by atoms with E-state index >= 15 is 0 Å². The third kappa shape index (κ3) is 5.93. The third-order valence-electron chi connectivity index (χ3n) is 4.58. The van der Waals surface area contributed by atoms with Crippen LogP contribution in [-0.2, 0) is 27.8 Å². The number of nitrogens with zero attached hydrogens (tertiary/aromatic N) is 2. The van der Waals surface area contributed by atoms with Gasteiger partial charge in [0.1, 0.15) is 11.6 Å². The lowest BCUT2D eigenvalue weighted by atomic mass is 10.2. The highest BCUT2D eigenvalue weighted by Gasteiger charge is 2.65. The molecule has 0 spiro atoms. The summed E-state index contributed by atoms with van der Waals surface area (Å²) in [7, 11) is -3.49. The Morgan fingerprint density at radius 1 is 1.06 bits per heavy atom. The van der Waals surface area contributed by atoms with Gasteiger partial charge in [-0.15, -0.1) is 11.3 Å². The van der Waals surface area contributed by atoms with E-state index in [0.29, 0.717) is 16.3 Å². The predicted octanol–water partition coefficient (Wildman–Crippen LogP) is 3.66. The van der Waals surface area contributed by atoms with E-state index in [2.05, 4.69) is 34.8 Å². The lowest BCUT2D eigenvalue weighted by Crippen LogP contribution is -2.52. The zero-order valence-corrected chi connectivity index (χ0v) is 19.9. The Hall–Kier alpha value is -3.66. The van der Waals surface area contributed by atoms with Gasteiger partial charge >= 0.3 is 12.2 Å². The molecule has 0 unspecified atom stereocenters. The van der Waals surface area contributed by atoms with Crippen LogP contribution in [0.1, 0.15) is 10.4 Å². The van der Waals surface area contributed by atoms with Crippen molar-refractivity contribution in [3.63, 3.8) is 0 Å². The monoisotopic (exact) mass is 547 g/mol. The van der Waals surface area contributed by atoms with Crippen molar-refractivity contribution in [1.82, 2.24) is 9.97 Å². The van der Waals surface area contributed by atoms with Gasteiger partial charge in [0.2, 0.25) is 15.9 Å². The maximum absolute atomic E-state index is 13.4. The first-order valence-corrected chi connectivity index (χ1v) is 12.7. The van der Waals surface area contributed by atoms with Crippen LogP contribution in [0.4, 0.5) is 34.9 Å². The predicted molar refractivity (Wildman–Crippen MR) is 122 cm³/mol. The summed E-state index contributed by atoms with van der Waals surface area (Å²) < 4.78 is 86.5. The molecule has 3 aromatic rings. The molecule has 4 rings (SSSR count). The number of hydrogen-bond acceptors (Lipinski definition) is 9. The van der Waals surface area contributed by atoms with Crippen molar-refractivity contribution >= 4 is 44.6 Å². The minimum atomic E-state index is -4.87. The number of sulfonamides is 1. The van der Waals surface area contributed by atoms with Crippen LogP contribution in [-0.4, -0.2) is 42.8 Å². The van der Waals surface area contributed by atoms with Gasteiger partial charge in [-0.1, -0.05) is 0 Å². The number of aromatic nitrogens is 2. The lowest BCUT2D eigenvalue weighted by Gasteiger charge is -2.31. The van der Waals surface area contributed by atoms with E-state index in [0.717, 1.165) is 18.4 Å². The molecule has 0 aliphatic carbocycles. The van der Waals surface area contributed by atoms with Crippen molar-refractivity contribution in [3.05, 3.63) is 52.5 Å². The Balaban J connectivity index is 1.38. The Labute approximate surface area is 205 Å². The summed E-state index contributed by atoms with van der Waals surface area (Å²) in [6.07, 6.45) is -7.40. The van der Waals surface area contributed by atoms with Crippen LogP contribution in [0.15, 0.2) is 42.0 Å². The highest BCUT2D eigenvalue weighted by atomic mass is 32.2. The van der Waals surface area contributed by atoms with Gasteiger partial charge in [-0.3, -0.25) is 9.52 Å². The second kappa shape index (κ2) is 9.42. The van der Waals surface area contributed by atoms with E-state index in [4.69, 9.17) is 0 Å². The van der Waals surface area contributed by atoms with Crippen molar-refractivity contribution in [3.8, 4) is 11.5 Å². The maximum Gasteiger partial charge on any atom is 0.507 e. The second-order valence-corrected chi connectivity index (χ2v) is 10.2. The summed E-state index contributed by atoms with van der Waals surface area (Å²) >= 11 is 1.19. The smallest absolute Gasteiger partial charge is 0.421 e. The molecule has 10 nitrogen and oxygen atoms in total. The van der Waals surface area contributed by atoms with E-state index in [1.54, 1.807) is 6.07 Å². The molecule has 1 aromatic carbocycles. The molecular formula is C20H17F4N5O5S2. The summed E-state index contributed by atoms with van der Waals surface area (Å²) in [5, 5.41) is 5.53. The normalized spacial score (nSPS) is 15.7. The molecule has 0 saturated heterocycles. The number of ether oxygens (including phenoxy) is 2. The van der Waals surface area contributed by atoms with Crippen LogP contribution >= 0.6 is 11.3 Å². The topological polar surface area (TPSA) is 132 Å². The van der Waals surface area contributed by atoms with E-state index in [1.807, 2.05) is 0 Å². The van der Waals surface area contributed by atoms with Crippen LogP contribution in [0.25, 0.3) is 0 Å². The summed E-state index contributed by atoms with van der Waals surface area (Å²) in [4.78, 5) is 21.2. The van der Waals surface area contributed by atoms with Gasteiger partial charge in [0, 0.05) is 24.5 Å². The van der Waals surface area contributed by atoms with Crippen molar-refractivity contribution in [2.75, 3.05) is 21.6 Å². The maximum atomic E-state index is 13.4. The van der Waals surface area contributed by atoms with Crippen LogP contribution in [0.5, 0.6) is 11.5 Å². The molecule has 1 aliphatic heterocycles. The van der Waals surface area contributed by atoms with Crippen molar-refractivity contribution < 1.29 is 40.2 Å². The van der Waals surface area contributed by atoms with Crippen LogP contribution in [0, 0.1) is 0 Å². The number of nitrogens with one attached hydrogen (secondary N) is 3. The SMILES string of the molecule is CS(=O)(=O)Nc1cc(CNc2ncsc2CC(=O)Nc2ccc3c(c2)OC(F)(F)C(F)(F)O3)ccn1. The fourth-order valence-electron chi connectivity index (χ4n) is 3.05. The van der Waals surface area contributed by atoms with E-state index in [1.165, 1.54) is 35.2 Å². The van der Waals surface area contributed by atoms with Crippen LogP contribution in [0.3, 0.4) is 0 Å². The fraction of sp³-hybridized carbons (Fsp3) is 0.250. The molecule has 192 valence electrons. The van der Waals surface area contributed by atoms with E-state index in [-0.39, 0.29) is 24.5 Å². The van der Waals surface area contributed by atoms with Gasteiger partial charge in [0.25, 0.3) is 0 Å². The lowest BCUT2D eigenvalue weighted by molar-refractivity contribution is -0.391.